The zero-order chi connectivity index (χ0) is 15.5. The topological polar surface area (TPSA) is 76.3 Å². The van der Waals surface area contributed by atoms with Gasteiger partial charge in [-0.15, -0.1) is 0 Å². The molecular formula is C14H13BrN4O2S. The highest BCUT2D eigenvalue weighted by atomic mass is 79.9. The molecule has 0 saturated heterocycles. The van der Waals surface area contributed by atoms with E-state index in [1.807, 2.05) is 6.07 Å². The quantitative estimate of drug-likeness (QED) is 0.879. The minimum atomic E-state index is -0.147. The summed E-state index contributed by atoms with van der Waals surface area (Å²) < 4.78 is 2.28. The van der Waals surface area contributed by atoms with Gasteiger partial charge in [-0.25, -0.2) is 4.98 Å². The fraction of sp³-hybridized carbons (Fsp3) is 0.286. The van der Waals surface area contributed by atoms with Crippen LogP contribution in [0.4, 0.5) is 0 Å². The average Bonchev–Trinajstić information content (AvgIpc) is 3.00. The molecule has 3 rings (SSSR count). The van der Waals surface area contributed by atoms with Crippen molar-refractivity contribution in [3.8, 4) is 0 Å². The second kappa shape index (κ2) is 6.62. The van der Waals surface area contributed by atoms with E-state index in [-0.39, 0.29) is 24.4 Å². The Morgan fingerprint density at radius 2 is 2.32 bits per heavy atom. The van der Waals surface area contributed by atoms with E-state index in [1.54, 1.807) is 12.1 Å². The molecule has 1 aliphatic heterocycles. The number of rotatable bonds is 3. The predicted octanol–water partition coefficient (Wildman–Crippen LogP) is 1.77. The third kappa shape index (κ3) is 3.38. The second-order valence-electron chi connectivity index (χ2n) is 4.74. The molecule has 0 fully saturated rings. The highest BCUT2D eigenvalue weighted by Crippen LogP contribution is 2.15. The maximum absolute atomic E-state index is 12.4. The van der Waals surface area contributed by atoms with Crippen molar-refractivity contribution in [2.75, 3.05) is 12.3 Å². The van der Waals surface area contributed by atoms with Gasteiger partial charge in [0.2, 0.25) is 5.91 Å². The highest BCUT2D eigenvalue weighted by molar-refractivity contribution is 9.10. The number of carbonyl (C=O) groups excluding carboxylic acids is 1. The van der Waals surface area contributed by atoms with Crippen LogP contribution in [0.15, 0.2) is 38.8 Å². The number of hydrogen-bond acceptors (Lipinski definition) is 5. The van der Waals surface area contributed by atoms with Crippen molar-refractivity contribution in [2.24, 2.45) is 4.99 Å². The number of aromatic nitrogens is 2. The van der Waals surface area contributed by atoms with Gasteiger partial charge in [0.25, 0.3) is 5.56 Å². The molecule has 22 heavy (non-hydrogen) atoms. The van der Waals surface area contributed by atoms with Crippen molar-refractivity contribution >= 4 is 49.7 Å². The lowest BCUT2D eigenvalue weighted by molar-refractivity contribution is -0.119. The maximum atomic E-state index is 12.4. The number of amidine groups is 1. The van der Waals surface area contributed by atoms with Crippen LogP contribution in [-0.4, -0.2) is 32.9 Å². The standard InChI is InChI=1S/C14H13BrN4O2S/c15-9-1-2-11-10(7-9)13(21)19(8-17-11)5-3-12(20)18-14-16-4-6-22-14/h1-2,7-8H,3-6H2,(H,16,18,20). The summed E-state index contributed by atoms with van der Waals surface area (Å²) >= 11 is 4.88. The maximum Gasteiger partial charge on any atom is 0.261 e. The van der Waals surface area contributed by atoms with Crippen LogP contribution in [0, 0.1) is 0 Å². The first-order chi connectivity index (χ1) is 10.6. The van der Waals surface area contributed by atoms with Gasteiger partial charge in [0.1, 0.15) is 0 Å². The van der Waals surface area contributed by atoms with Crippen molar-refractivity contribution in [3.63, 3.8) is 0 Å². The van der Waals surface area contributed by atoms with E-state index < -0.39 is 0 Å². The van der Waals surface area contributed by atoms with Crippen molar-refractivity contribution in [2.45, 2.75) is 13.0 Å². The molecule has 0 bridgehead atoms. The Balaban J connectivity index is 1.72. The van der Waals surface area contributed by atoms with Crippen molar-refractivity contribution in [1.82, 2.24) is 14.9 Å². The molecule has 0 atom stereocenters. The molecule has 1 aromatic carbocycles. The number of aliphatic imine (C=N–C) groups is 1. The number of benzene rings is 1. The lowest BCUT2D eigenvalue weighted by atomic mass is 10.2. The molecule has 2 heterocycles. The largest absolute Gasteiger partial charge is 0.305 e. The van der Waals surface area contributed by atoms with Gasteiger partial charge in [-0.3, -0.25) is 19.1 Å². The SMILES string of the molecule is O=C(CCn1cnc2ccc(Br)cc2c1=O)NC1=NCCS1. The summed E-state index contributed by atoms with van der Waals surface area (Å²) in [5.74, 6) is 0.757. The molecule has 0 unspecified atom stereocenters. The predicted molar refractivity (Wildman–Crippen MR) is 91.2 cm³/mol. The lowest BCUT2D eigenvalue weighted by Gasteiger charge is -2.07. The number of halogens is 1. The molecule has 6 nitrogen and oxygen atoms in total. The zero-order valence-electron chi connectivity index (χ0n) is 11.6. The summed E-state index contributed by atoms with van der Waals surface area (Å²) in [4.78, 5) is 32.6. The van der Waals surface area contributed by atoms with Crippen molar-refractivity contribution in [3.05, 3.63) is 39.4 Å². The zero-order valence-corrected chi connectivity index (χ0v) is 14.0. The smallest absolute Gasteiger partial charge is 0.261 e. The Morgan fingerprint density at radius 3 is 3.09 bits per heavy atom. The van der Waals surface area contributed by atoms with Crippen LogP contribution in [0.25, 0.3) is 10.9 Å². The lowest BCUT2D eigenvalue weighted by Crippen LogP contribution is -2.30. The Bertz CT molecular complexity index is 818. The number of hydrogen-bond donors (Lipinski definition) is 1. The molecule has 114 valence electrons. The van der Waals surface area contributed by atoms with E-state index >= 15 is 0 Å². The van der Waals surface area contributed by atoms with Crippen LogP contribution in [0.5, 0.6) is 0 Å². The van der Waals surface area contributed by atoms with Gasteiger partial charge in [-0.2, -0.15) is 0 Å². The minimum absolute atomic E-state index is 0.144. The van der Waals surface area contributed by atoms with E-state index in [0.29, 0.717) is 16.1 Å². The Morgan fingerprint density at radius 1 is 1.45 bits per heavy atom. The third-order valence-corrected chi connectivity index (χ3v) is 4.58. The summed E-state index contributed by atoms with van der Waals surface area (Å²) in [5, 5.41) is 3.95. The number of nitrogens with one attached hydrogen (secondary N) is 1. The normalized spacial score (nSPS) is 14.1. The van der Waals surface area contributed by atoms with Crippen LogP contribution < -0.4 is 10.9 Å². The number of aryl methyl sites for hydroxylation is 1. The van der Waals surface area contributed by atoms with Gasteiger partial charge in [0.05, 0.1) is 23.8 Å². The molecule has 2 aromatic rings. The summed E-state index contributed by atoms with van der Waals surface area (Å²) in [6.45, 7) is 1.03. The minimum Gasteiger partial charge on any atom is -0.305 e. The molecule has 0 aliphatic carbocycles. The second-order valence-corrected chi connectivity index (χ2v) is 6.74. The number of thioether (sulfide) groups is 1. The fourth-order valence-electron chi connectivity index (χ4n) is 2.10. The van der Waals surface area contributed by atoms with Crippen LogP contribution >= 0.6 is 27.7 Å². The summed E-state index contributed by atoms with van der Waals surface area (Å²) in [6.07, 6.45) is 1.69. The van der Waals surface area contributed by atoms with Crippen LogP contribution in [0.3, 0.4) is 0 Å². The highest BCUT2D eigenvalue weighted by Gasteiger charge is 2.11. The van der Waals surface area contributed by atoms with Crippen molar-refractivity contribution < 1.29 is 4.79 Å². The van der Waals surface area contributed by atoms with E-state index in [2.05, 4.69) is 31.2 Å². The van der Waals surface area contributed by atoms with E-state index in [9.17, 15) is 9.59 Å². The van der Waals surface area contributed by atoms with Crippen LogP contribution in [-0.2, 0) is 11.3 Å². The van der Waals surface area contributed by atoms with Gasteiger partial charge in [-0.05, 0) is 18.2 Å². The molecule has 8 heteroatoms. The fourth-order valence-corrected chi connectivity index (χ4v) is 3.21. The molecule has 1 aliphatic rings. The molecule has 1 aromatic heterocycles. The molecular weight excluding hydrogens is 368 g/mol. The molecule has 1 amide bonds. The Kier molecular flexibility index (Phi) is 4.58. The van der Waals surface area contributed by atoms with Crippen molar-refractivity contribution in [1.29, 1.82) is 0 Å². The van der Waals surface area contributed by atoms with Gasteiger partial charge in [-0.1, -0.05) is 27.7 Å². The molecule has 0 saturated carbocycles. The van der Waals surface area contributed by atoms with E-state index in [4.69, 9.17) is 0 Å². The van der Waals surface area contributed by atoms with Gasteiger partial charge >= 0.3 is 0 Å². The van der Waals surface area contributed by atoms with Crippen LogP contribution in [0.2, 0.25) is 0 Å². The monoisotopic (exact) mass is 380 g/mol. The van der Waals surface area contributed by atoms with Gasteiger partial charge < -0.3 is 5.32 Å². The van der Waals surface area contributed by atoms with Crippen LogP contribution in [0.1, 0.15) is 6.42 Å². The molecule has 1 N–H and O–H groups in total. The van der Waals surface area contributed by atoms with Gasteiger partial charge in [0, 0.05) is 23.2 Å². The number of amides is 1. The summed E-state index contributed by atoms with van der Waals surface area (Å²) in [7, 11) is 0. The molecule has 0 spiro atoms. The molecule has 0 radical (unpaired) electrons. The van der Waals surface area contributed by atoms with Gasteiger partial charge in [0.15, 0.2) is 5.17 Å². The Labute approximate surface area is 139 Å². The first-order valence-corrected chi connectivity index (χ1v) is 8.53. The third-order valence-electron chi connectivity index (χ3n) is 3.20. The summed E-state index contributed by atoms with van der Waals surface area (Å²) in [5.41, 5.74) is 0.497. The first kappa shape index (κ1) is 15.2. The average molecular weight is 381 g/mol. The van der Waals surface area contributed by atoms with E-state index in [1.165, 1.54) is 22.7 Å². The first-order valence-electron chi connectivity index (χ1n) is 6.75. The Hall–Kier alpha value is -1.67. The number of fused-ring (bicyclic) bond motifs is 1. The summed E-state index contributed by atoms with van der Waals surface area (Å²) in [6, 6.07) is 5.37. The van der Waals surface area contributed by atoms with E-state index in [0.717, 1.165) is 16.8 Å². The number of nitrogens with zero attached hydrogens (tertiary/aromatic N) is 3. The number of carbonyl (C=O) groups is 1.